The molecule has 0 aromatic heterocycles. The van der Waals surface area contributed by atoms with E-state index in [1.54, 1.807) is 12.1 Å². The number of para-hydroxylation sites is 1. The Hall–Kier alpha value is -2.71. The summed E-state index contributed by atoms with van der Waals surface area (Å²) in [6.07, 6.45) is 0.709. The number of ether oxygens (including phenoxy) is 2. The van der Waals surface area contributed by atoms with E-state index in [0.717, 1.165) is 11.3 Å². The summed E-state index contributed by atoms with van der Waals surface area (Å²) in [5.41, 5.74) is 1.41. The minimum absolute atomic E-state index is 0.0949. The van der Waals surface area contributed by atoms with Crippen molar-refractivity contribution in [2.24, 2.45) is 0 Å². The Labute approximate surface area is 144 Å². The minimum atomic E-state index is -0.239. The Morgan fingerprint density at radius 1 is 1.38 bits per heavy atom. The Bertz CT molecular complexity index is 801. The molecule has 2 aromatic rings. The van der Waals surface area contributed by atoms with Crippen LogP contribution in [0.1, 0.15) is 23.6 Å². The molecule has 1 aliphatic heterocycles. The number of benzene rings is 2. The third-order valence-electron chi connectivity index (χ3n) is 3.71. The number of nitrogens with zero attached hydrogens (tertiary/aromatic N) is 1. The molecule has 0 fully saturated rings. The van der Waals surface area contributed by atoms with Crippen LogP contribution in [-0.2, 0) is 4.79 Å². The van der Waals surface area contributed by atoms with E-state index in [2.05, 4.69) is 5.32 Å². The molecule has 1 heterocycles. The maximum absolute atomic E-state index is 12.2. The van der Waals surface area contributed by atoms with Crippen molar-refractivity contribution in [2.75, 3.05) is 13.2 Å². The van der Waals surface area contributed by atoms with Gasteiger partial charge in [0, 0.05) is 12.0 Å². The molecule has 0 radical (unpaired) electrons. The summed E-state index contributed by atoms with van der Waals surface area (Å²) in [5, 5.41) is 12.1. The Kier molecular flexibility index (Phi) is 4.88. The van der Waals surface area contributed by atoms with Gasteiger partial charge in [-0.15, -0.1) is 0 Å². The zero-order valence-corrected chi connectivity index (χ0v) is 13.5. The van der Waals surface area contributed by atoms with Gasteiger partial charge in [0.2, 0.25) is 0 Å². The number of carbonyl (C=O) groups excluding carboxylic acids is 1. The number of carbonyl (C=O) groups is 1. The number of hydrogen-bond acceptors (Lipinski definition) is 4. The van der Waals surface area contributed by atoms with Crippen molar-refractivity contribution in [3.8, 4) is 17.6 Å². The van der Waals surface area contributed by atoms with Crippen molar-refractivity contribution < 1.29 is 14.3 Å². The first kappa shape index (κ1) is 16.2. The summed E-state index contributed by atoms with van der Waals surface area (Å²) >= 11 is 6.03. The second-order valence-electron chi connectivity index (χ2n) is 5.34. The lowest BCUT2D eigenvalue weighted by Gasteiger charge is -2.26. The number of halogens is 1. The first-order chi connectivity index (χ1) is 11.7. The molecular formula is C18H15ClN2O3. The summed E-state index contributed by atoms with van der Waals surface area (Å²) in [5.74, 6) is 0.931. The predicted octanol–water partition coefficient (Wildman–Crippen LogP) is 3.23. The molecule has 0 spiro atoms. The van der Waals surface area contributed by atoms with Gasteiger partial charge in [-0.05, 0) is 24.3 Å². The van der Waals surface area contributed by atoms with E-state index in [1.807, 2.05) is 30.3 Å². The maximum atomic E-state index is 12.2. The van der Waals surface area contributed by atoms with Crippen LogP contribution in [0, 0.1) is 11.3 Å². The second-order valence-corrected chi connectivity index (χ2v) is 5.75. The molecule has 1 aliphatic rings. The molecule has 0 saturated carbocycles. The zero-order chi connectivity index (χ0) is 16.9. The molecule has 1 amide bonds. The number of fused-ring (bicyclic) bond motifs is 1. The SMILES string of the molecule is N#Cc1ccc(OCC(=O)NC2CCOc3ccccc32)c(Cl)c1. The van der Waals surface area contributed by atoms with Gasteiger partial charge in [0.05, 0.1) is 29.3 Å². The van der Waals surface area contributed by atoms with Gasteiger partial charge >= 0.3 is 0 Å². The van der Waals surface area contributed by atoms with Crippen LogP contribution in [0.2, 0.25) is 5.02 Å². The van der Waals surface area contributed by atoms with Crippen LogP contribution in [0.15, 0.2) is 42.5 Å². The lowest BCUT2D eigenvalue weighted by atomic mass is 10.0. The summed E-state index contributed by atoms with van der Waals surface area (Å²) in [4.78, 5) is 12.2. The van der Waals surface area contributed by atoms with Crippen LogP contribution in [0.4, 0.5) is 0 Å². The fourth-order valence-corrected chi connectivity index (χ4v) is 2.79. The van der Waals surface area contributed by atoms with Crippen LogP contribution >= 0.6 is 11.6 Å². The van der Waals surface area contributed by atoms with Gasteiger partial charge in [0.1, 0.15) is 11.5 Å². The molecule has 24 heavy (non-hydrogen) atoms. The van der Waals surface area contributed by atoms with E-state index >= 15 is 0 Å². The highest BCUT2D eigenvalue weighted by molar-refractivity contribution is 6.32. The number of nitriles is 1. The average Bonchev–Trinajstić information content (AvgIpc) is 2.61. The quantitative estimate of drug-likeness (QED) is 0.926. The predicted molar refractivity (Wildman–Crippen MR) is 89.1 cm³/mol. The standard InChI is InChI=1S/C18H15ClN2O3/c19-14-9-12(10-20)5-6-17(14)24-11-18(22)21-15-7-8-23-16-4-2-1-3-13(15)16/h1-6,9,15H,7-8,11H2,(H,21,22). The summed E-state index contributed by atoms with van der Waals surface area (Å²) in [6, 6.07) is 14.2. The Balaban J connectivity index is 1.60. The van der Waals surface area contributed by atoms with E-state index in [-0.39, 0.29) is 18.6 Å². The largest absolute Gasteiger partial charge is 0.493 e. The van der Waals surface area contributed by atoms with Crippen LogP contribution in [0.3, 0.4) is 0 Å². The molecular weight excluding hydrogens is 328 g/mol. The van der Waals surface area contributed by atoms with Crippen molar-refractivity contribution in [3.05, 3.63) is 58.6 Å². The second kappa shape index (κ2) is 7.24. The zero-order valence-electron chi connectivity index (χ0n) is 12.8. The highest BCUT2D eigenvalue weighted by Crippen LogP contribution is 2.31. The van der Waals surface area contributed by atoms with E-state index in [1.165, 1.54) is 6.07 Å². The third-order valence-corrected chi connectivity index (χ3v) is 4.01. The van der Waals surface area contributed by atoms with Crippen molar-refractivity contribution in [1.82, 2.24) is 5.32 Å². The van der Waals surface area contributed by atoms with Crippen molar-refractivity contribution >= 4 is 17.5 Å². The lowest BCUT2D eigenvalue weighted by Crippen LogP contribution is -2.35. The van der Waals surface area contributed by atoms with Gasteiger partial charge in [-0.3, -0.25) is 4.79 Å². The topological polar surface area (TPSA) is 71.3 Å². The molecule has 5 nitrogen and oxygen atoms in total. The van der Waals surface area contributed by atoms with Gasteiger partial charge in [0.25, 0.3) is 5.91 Å². The highest BCUT2D eigenvalue weighted by atomic mass is 35.5. The first-order valence-electron chi connectivity index (χ1n) is 7.51. The number of nitrogens with one attached hydrogen (secondary N) is 1. The van der Waals surface area contributed by atoms with Crippen LogP contribution in [-0.4, -0.2) is 19.1 Å². The maximum Gasteiger partial charge on any atom is 0.258 e. The van der Waals surface area contributed by atoms with Crippen molar-refractivity contribution in [2.45, 2.75) is 12.5 Å². The summed E-state index contributed by atoms with van der Waals surface area (Å²) in [7, 11) is 0. The van der Waals surface area contributed by atoms with Gasteiger partial charge < -0.3 is 14.8 Å². The molecule has 0 bridgehead atoms. The molecule has 1 N–H and O–H groups in total. The number of hydrogen-bond donors (Lipinski definition) is 1. The van der Waals surface area contributed by atoms with Crippen molar-refractivity contribution in [3.63, 3.8) is 0 Å². The fraction of sp³-hybridized carbons (Fsp3) is 0.222. The first-order valence-corrected chi connectivity index (χ1v) is 7.88. The highest BCUT2D eigenvalue weighted by Gasteiger charge is 2.22. The van der Waals surface area contributed by atoms with E-state index in [9.17, 15) is 4.79 Å². The molecule has 2 aromatic carbocycles. The fourth-order valence-electron chi connectivity index (χ4n) is 2.56. The molecule has 0 saturated heterocycles. The number of rotatable bonds is 4. The van der Waals surface area contributed by atoms with Crippen LogP contribution in [0.25, 0.3) is 0 Å². The van der Waals surface area contributed by atoms with Gasteiger partial charge in [0.15, 0.2) is 6.61 Å². The number of amides is 1. The summed E-state index contributed by atoms with van der Waals surface area (Å²) in [6.45, 7) is 0.412. The molecule has 1 atom stereocenters. The molecule has 3 rings (SSSR count). The van der Waals surface area contributed by atoms with Crippen molar-refractivity contribution in [1.29, 1.82) is 5.26 Å². The van der Waals surface area contributed by atoms with E-state index in [4.69, 9.17) is 26.3 Å². The van der Waals surface area contributed by atoms with E-state index < -0.39 is 0 Å². The average molecular weight is 343 g/mol. The van der Waals surface area contributed by atoms with Gasteiger partial charge in [-0.1, -0.05) is 29.8 Å². The van der Waals surface area contributed by atoms with Gasteiger partial charge in [-0.2, -0.15) is 5.26 Å². The lowest BCUT2D eigenvalue weighted by molar-refractivity contribution is -0.124. The van der Waals surface area contributed by atoms with Crippen LogP contribution < -0.4 is 14.8 Å². The normalized spacial score (nSPS) is 15.6. The third kappa shape index (κ3) is 3.61. The molecule has 0 aliphatic carbocycles. The smallest absolute Gasteiger partial charge is 0.258 e. The minimum Gasteiger partial charge on any atom is -0.493 e. The Morgan fingerprint density at radius 3 is 3.00 bits per heavy atom. The Morgan fingerprint density at radius 2 is 2.21 bits per heavy atom. The molecule has 1 unspecified atom stereocenters. The monoisotopic (exact) mass is 342 g/mol. The molecule has 122 valence electrons. The summed E-state index contributed by atoms with van der Waals surface area (Å²) < 4.78 is 11.0. The van der Waals surface area contributed by atoms with E-state index in [0.29, 0.717) is 29.4 Å². The molecule has 6 heteroatoms. The van der Waals surface area contributed by atoms with Crippen LogP contribution in [0.5, 0.6) is 11.5 Å². The van der Waals surface area contributed by atoms with Gasteiger partial charge in [-0.25, -0.2) is 0 Å².